The molecule has 4 heteroatoms. The van der Waals surface area contributed by atoms with Crippen LogP contribution in [0.2, 0.25) is 0 Å². The van der Waals surface area contributed by atoms with E-state index in [2.05, 4.69) is 0 Å². The third kappa shape index (κ3) is 1.34. The molecule has 1 aliphatic rings. The number of carboxylic acids is 1. The fourth-order valence-electron chi connectivity index (χ4n) is 2.25. The van der Waals surface area contributed by atoms with Gasteiger partial charge in [-0.05, 0) is 31.1 Å². The van der Waals surface area contributed by atoms with Crippen LogP contribution >= 0.6 is 0 Å². The number of carbonyl (C=O) groups is 1. The van der Waals surface area contributed by atoms with Crippen LogP contribution in [0.3, 0.4) is 0 Å². The maximum absolute atomic E-state index is 11.0. The van der Waals surface area contributed by atoms with E-state index in [-0.39, 0.29) is 11.3 Å². The summed E-state index contributed by atoms with van der Waals surface area (Å²) in [6.45, 7) is 0. The van der Waals surface area contributed by atoms with E-state index in [1.54, 1.807) is 6.07 Å². The number of nitrogens with two attached hydrogens (primary N) is 1. The molecule has 0 bridgehead atoms. The topological polar surface area (TPSA) is 76.5 Å². The third-order valence-corrected chi connectivity index (χ3v) is 3.09. The molecular formula is C13H11NO3. The number of allylic oxidation sites excluding steroid dienone is 1. The van der Waals surface area contributed by atoms with Gasteiger partial charge in [0, 0.05) is 10.9 Å². The molecule has 0 atom stereocenters. The molecule has 0 amide bonds. The largest absolute Gasteiger partial charge is 0.478 e. The lowest BCUT2D eigenvalue weighted by atomic mass is 10.00. The van der Waals surface area contributed by atoms with E-state index in [9.17, 15) is 4.79 Å². The Morgan fingerprint density at radius 2 is 2.24 bits per heavy atom. The number of aromatic carboxylic acids is 1. The van der Waals surface area contributed by atoms with E-state index in [0.717, 1.165) is 29.6 Å². The Labute approximate surface area is 97.3 Å². The highest BCUT2D eigenvalue weighted by Gasteiger charge is 2.19. The zero-order chi connectivity index (χ0) is 12.0. The first kappa shape index (κ1) is 9.96. The molecular weight excluding hydrogens is 218 g/mol. The summed E-state index contributed by atoms with van der Waals surface area (Å²) in [5, 5.41) is 9.92. The number of benzene rings is 1. The van der Waals surface area contributed by atoms with Gasteiger partial charge >= 0.3 is 5.97 Å². The summed E-state index contributed by atoms with van der Waals surface area (Å²) in [4.78, 5) is 11.0. The molecule has 1 aromatic carbocycles. The van der Waals surface area contributed by atoms with Gasteiger partial charge in [-0.15, -0.1) is 0 Å². The highest BCUT2D eigenvalue weighted by molar-refractivity contribution is 6.04. The van der Waals surface area contributed by atoms with Gasteiger partial charge in [0.15, 0.2) is 5.58 Å². The van der Waals surface area contributed by atoms with Crippen LogP contribution < -0.4 is 5.73 Å². The van der Waals surface area contributed by atoms with Crippen LogP contribution in [0.1, 0.15) is 28.1 Å². The van der Waals surface area contributed by atoms with Crippen molar-refractivity contribution in [3.63, 3.8) is 0 Å². The van der Waals surface area contributed by atoms with Crippen LogP contribution in [-0.2, 0) is 6.42 Å². The normalized spacial score (nSPS) is 13.9. The van der Waals surface area contributed by atoms with E-state index in [0.29, 0.717) is 5.58 Å². The molecule has 1 aromatic heterocycles. The molecule has 0 saturated carbocycles. The van der Waals surface area contributed by atoms with Gasteiger partial charge in [-0.3, -0.25) is 0 Å². The van der Waals surface area contributed by atoms with Crippen LogP contribution in [0.25, 0.3) is 17.0 Å². The highest BCUT2D eigenvalue weighted by Crippen LogP contribution is 2.35. The first-order chi connectivity index (χ1) is 8.18. The van der Waals surface area contributed by atoms with E-state index >= 15 is 0 Å². The summed E-state index contributed by atoms with van der Waals surface area (Å²) >= 11 is 0. The van der Waals surface area contributed by atoms with Crippen LogP contribution in [-0.4, -0.2) is 11.1 Å². The smallest absolute Gasteiger partial charge is 0.337 e. The molecule has 86 valence electrons. The standard InChI is InChI=1S/C13H11NO3/c14-11-9(13(15)16)6-5-8-7-3-1-2-4-10(7)17-12(8)11/h2,4-6H,1,3,14H2,(H,15,16). The van der Waals surface area contributed by atoms with Gasteiger partial charge in [0.25, 0.3) is 0 Å². The first-order valence-corrected chi connectivity index (χ1v) is 5.42. The van der Waals surface area contributed by atoms with Gasteiger partial charge in [-0.2, -0.15) is 0 Å². The second-order valence-corrected chi connectivity index (χ2v) is 4.09. The van der Waals surface area contributed by atoms with Gasteiger partial charge in [0.1, 0.15) is 5.76 Å². The van der Waals surface area contributed by atoms with Gasteiger partial charge in [0.05, 0.1) is 11.3 Å². The lowest BCUT2D eigenvalue weighted by Gasteiger charge is -2.03. The molecule has 0 fully saturated rings. The second kappa shape index (κ2) is 3.38. The van der Waals surface area contributed by atoms with Crippen molar-refractivity contribution in [2.75, 3.05) is 5.73 Å². The lowest BCUT2D eigenvalue weighted by Crippen LogP contribution is -2.02. The van der Waals surface area contributed by atoms with Crippen LogP contribution in [0.15, 0.2) is 22.6 Å². The Balaban J connectivity index is 2.35. The SMILES string of the molecule is Nc1c(C(=O)O)ccc2c3c(oc12)C=CCC3. The molecule has 0 aliphatic heterocycles. The summed E-state index contributed by atoms with van der Waals surface area (Å²) in [6, 6.07) is 3.31. The Hall–Kier alpha value is -2.23. The monoisotopic (exact) mass is 229 g/mol. The molecule has 0 radical (unpaired) electrons. The third-order valence-electron chi connectivity index (χ3n) is 3.09. The molecule has 1 aliphatic carbocycles. The van der Waals surface area contributed by atoms with Crippen molar-refractivity contribution in [2.24, 2.45) is 0 Å². The summed E-state index contributed by atoms with van der Waals surface area (Å²) in [7, 11) is 0. The van der Waals surface area contributed by atoms with E-state index in [1.807, 2.05) is 12.2 Å². The molecule has 3 rings (SSSR count). The summed E-state index contributed by atoms with van der Waals surface area (Å²) in [6.07, 6.45) is 5.84. The predicted octanol–water partition coefficient (Wildman–Crippen LogP) is 2.67. The van der Waals surface area contributed by atoms with Gasteiger partial charge in [-0.25, -0.2) is 4.79 Å². The van der Waals surface area contributed by atoms with E-state index < -0.39 is 5.97 Å². The number of hydrogen-bond donors (Lipinski definition) is 2. The Morgan fingerprint density at radius 1 is 1.41 bits per heavy atom. The average Bonchev–Trinajstić information content (AvgIpc) is 2.69. The Bertz CT molecular complexity index is 652. The number of nitrogen functional groups attached to an aromatic ring is 1. The molecule has 1 heterocycles. The fourth-order valence-corrected chi connectivity index (χ4v) is 2.25. The quantitative estimate of drug-likeness (QED) is 0.737. The summed E-state index contributed by atoms with van der Waals surface area (Å²) in [5.41, 5.74) is 7.73. The van der Waals surface area contributed by atoms with Crippen LogP contribution in [0, 0.1) is 0 Å². The minimum absolute atomic E-state index is 0.0903. The van der Waals surface area contributed by atoms with Crippen molar-refractivity contribution in [3.8, 4) is 0 Å². The van der Waals surface area contributed by atoms with Crippen LogP contribution in [0.5, 0.6) is 0 Å². The van der Waals surface area contributed by atoms with Crippen molar-refractivity contribution in [1.82, 2.24) is 0 Å². The minimum Gasteiger partial charge on any atom is -0.478 e. The zero-order valence-corrected chi connectivity index (χ0v) is 9.06. The summed E-state index contributed by atoms with van der Waals surface area (Å²) in [5.74, 6) is -0.241. The van der Waals surface area contributed by atoms with Gasteiger partial charge < -0.3 is 15.3 Å². The molecule has 3 N–H and O–H groups in total. The minimum atomic E-state index is -1.03. The Morgan fingerprint density at radius 3 is 3.00 bits per heavy atom. The zero-order valence-electron chi connectivity index (χ0n) is 9.06. The molecule has 4 nitrogen and oxygen atoms in total. The highest BCUT2D eigenvalue weighted by atomic mass is 16.4. The molecule has 0 spiro atoms. The first-order valence-electron chi connectivity index (χ1n) is 5.42. The van der Waals surface area contributed by atoms with Crippen molar-refractivity contribution >= 4 is 28.7 Å². The number of hydrogen-bond acceptors (Lipinski definition) is 3. The van der Waals surface area contributed by atoms with E-state index in [4.69, 9.17) is 15.3 Å². The number of aryl methyl sites for hydroxylation is 1. The number of furan rings is 1. The van der Waals surface area contributed by atoms with Crippen molar-refractivity contribution in [3.05, 3.63) is 35.1 Å². The maximum atomic E-state index is 11.0. The lowest BCUT2D eigenvalue weighted by molar-refractivity contribution is 0.0698. The van der Waals surface area contributed by atoms with Crippen molar-refractivity contribution < 1.29 is 14.3 Å². The maximum Gasteiger partial charge on any atom is 0.337 e. The number of rotatable bonds is 1. The summed E-state index contributed by atoms with van der Waals surface area (Å²) < 4.78 is 5.64. The number of fused-ring (bicyclic) bond motifs is 3. The predicted molar refractivity (Wildman–Crippen MR) is 64.9 cm³/mol. The molecule has 2 aromatic rings. The van der Waals surface area contributed by atoms with Gasteiger partial charge in [-0.1, -0.05) is 6.08 Å². The van der Waals surface area contributed by atoms with Crippen molar-refractivity contribution in [2.45, 2.75) is 12.8 Å². The average molecular weight is 229 g/mol. The molecule has 17 heavy (non-hydrogen) atoms. The fraction of sp³-hybridized carbons (Fsp3) is 0.154. The van der Waals surface area contributed by atoms with Crippen LogP contribution in [0.4, 0.5) is 5.69 Å². The Kier molecular flexibility index (Phi) is 1.98. The molecule has 0 unspecified atom stereocenters. The second-order valence-electron chi connectivity index (χ2n) is 4.09. The van der Waals surface area contributed by atoms with Gasteiger partial charge in [0.2, 0.25) is 0 Å². The van der Waals surface area contributed by atoms with Crippen molar-refractivity contribution in [1.29, 1.82) is 0 Å². The number of carboxylic acid groups (broad SMARTS) is 1. The number of anilines is 1. The van der Waals surface area contributed by atoms with E-state index in [1.165, 1.54) is 6.07 Å². The molecule has 0 saturated heterocycles.